The Labute approximate surface area is 117 Å². The van der Waals surface area contributed by atoms with Crippen molar-refractivity contribution < 1.29 is 13.5 Å². The van der Waals surface area contributed by atoms with E-state index in [2.05, 4.69) is 13.8 Å². The van der Waals surface area contributed by atoms with Gasteiger partial charge in [-0.2, -0.15) is 0 Å². The van der Waals surface area contributed by atoms with Crippen molar-refractivity contribution in [3.8, 4) is 0 Å². The zero-order valence-corrected chi connectivity index (χ0v) is 13.3. The monoisotopic (exact) mass is 276 g/mol. The summed E-state index contributed by atoms with van der Waals surface area (Å²) in [6.07, 6.45) is 5.50. The van der Waals surface area contributed by atoms with Gasteiger partial charge in [0.1, 0.15) is 0 Å². The summed E-state index contributed by atoms with van der Waals surface area (Å²) in [5.41, 5.74) is 0.110. The fourth-order valence-electron chi connectivity index (χ4n) is 1.60. The molecule has 0 aliphatic carbocycles. The molecule has 0 aromatic heterocycles. The Hall–Kier alpha value is -0.440. The number of alkyl halides is 2. The lowest BCUT2D eigenvalue weighted by atomic mass is 9.88. The molecule has 0 aromatic carbocycles. The third-order valence-corrected chi connectivity index (χ3v) is 3.14. The van der Waals surface area contributed by atoms with Crippen molar-refractivity contribution in [3.05, 3.63) is 12.2 Å². The van der Waals surface area contributed by atoms with Crippen LogP contribution in [0.3, 0.4) is 0 Å². The van der Waals surface area contributed by atoms with Crippen LogP contribution in [0, 0.1) is 11.3 Å². The number of ether oxygens (including phenoxy) is 1. The van der Waals surface area contributed by atoms with Crippen LogP contribution in [0.15, 0.2) is 12.2 Å². The van der Waals surface area contributed by atoms with Crippen molar-refractivity contribution in [2.45, 2.75) is 72.8 Å². The SMILES string of the molecule is CC(C)OCC(C)(C)CCCC=CC(F)(F)C(C)C. The first-order valence-electron chi connectivity index (χ1n) is 7.24. The summed E-state index contributed by atoms with van der Waals surface area (Å²) in [5, 5.41) is 0. The second-order valence-electron chi connectivity index (χ2n) is 6.65. The van der Waals surface area contributed by atoms with Gasteiger partial charge in [-0.15, -0.1) is 0 Å². The standard InChI is InChI=1S/C16H30F2O/c1-13(2)16(17,18)11-9-7-8-10-15(5,6)12-19-14(3)4/h9,11,13-14H,7-8,10,12H2,1-6H3. The Morgan fingerprint density at radius 2 is 1.68 bits per heavy atom. The van der Waals surface area contributed by atoms with Crippen molar-refractivity contribution in [3.63, 3.8) is 0 Å². The molecule has 1 nitrogen and oxygen atoms in total. The van der Waals surface area contributed by atoms with Crippen LogP contribution in [0.1, 0.15) is 60.8 Å². The third-order valence-electron chi connectivity index (χ3n) is 3.14. The first-order chi connectivity index (χ1) is 8.57. The number of halogens is 2. The van der Waals surface area contributed by atoms with Crippen LogP contribution >= 0.6 is 0 Å². The van der Waals surface area contributed by atoms with Gasteiger partial charge in [-0.3, -0.25) is 0 Å². The van der Waals surface area contributed by atoms with Crippen LogP contribution in [0.4, 0.5) is 8.78 Å². The number of unbranched alkanes of at least 4 members (excludes halogenated alkanes) is 1. The maximum atomic E-state index is 13.3. The van der Waals surface area contributed by atoms with Gasteiger partial charge in [-0.1, -0.05) is 33.8 Å². The Morgan fingerprint density at radius 1 is 1.11 bits per heavy atom. The molecule has 0 radical (unpaired) electrons. The molecule has 0 N–H and O–H groups in total. The molecule has 0 heterocycles. The Balaban J connectivity index is 3.94. The van der Waals surface area contributed by atoms with Crippen molar-refractivity contribution in [2.75, 3.05) is 6.61 Å². The zero-order chi connectivity index (χ0) is 15.1. The lowest BCUT2D eigenvalue weighted by Gasteiger charge is -2.25. The van der Waals surface area contributed by atoms with Gasteiger partial charge < -0.3 is 4.74 Å². The molecular formula is C16H30F2O. The molecule has 0 atom stereocenters. The Bertz CT molecular complexity index is 268. The summed E-state index contributed by atoms with van der Waals surface area (Å²) >= 11 is 0. The molecule has 0 fully saturated rings. The third kappa shape index (κ3) is 9.15. The minimum atomic E-state index is -2.68. The van der Waals surface area contributed by atoms with E-state index in [1.54, 1.807) is 6.08 Å². The van der Waals surface area contributed by atoms with Gasteiger partial charge in [0.05, 0.1) is 12.7 Å². The van der Waals surface area contributed by atoms with Gasteiger partial charge in [0, 0.05) is 5.92 Å². The fraction of sp³-hybridized carbons (Fsp3) is 0.875. The quantitative estimate of drug-likeness (QED) is 0.401. The number of rotatable bonds is 9. The van der Waals surface area contributed by atoms with Gasteiger partial charge in [0.25, 0.3) is 5.92 Å². The van der Waals surface area contributed by atoms with E-state index in [1.165, 1.54) is 13.8 Å². The summed E-state index contributed by atoms with van der Waals surface area (Å²) in [6.45, 7) is 12.1. The Kier molecular flexibility index (Phi) is 7.80. The lowest BCUT2D eigenvalue weighted by molar-refractivity contribution is 0.00586. The highest BCUT2D eigenvalue weighted by molar-refractivity contribution is 4.96. The molecule has 0 aliphatic heterocycles. The van der Waals surface area contributed by atoms with Crippen molar-refractivity contribution in [2.24, 2.45) is 11.3 Å². The van der Waals surface area contributed by atoms with E-state index < -0.39 is 11.8 Å². The van der Waals surface area contributed by atoms with E-state index in [0.717, 1.165) is 25.5 Å². The predicted molar refractivity (Wildman–Crippen MR) is 77.6 cm³/mol. The van der Waals surface area contributed by atoms with Gasteiger partial charge in [-0.05, 0) is 44.6 Å². The minimum absolute atomic E-state index is 0.110. The molecule has 0 saturated carbocycles. The zero-order valence-electron chi connectivity index (χ0n) is 13.3. The molecule has 0 unspecified atom stereocenters. The molecule has 0 amide bonds. The highest BCUT2D eigenvalue weighted by Gasteiger charge is 2.29. The summed E-state index contributed by atoms with van der Waals surface area (Å²) in [5.74, 6) is -3.32. The molecule has 114 valence electrons. The van der Waals surface area contributed by atoms with Crippen LogP contribution in [-0.4, -0.2) is 18.6 Å². The van der Waals surface area contributed by atoms with Crippen LogP contribution < -0.4 is 0 Å². The topological polar surface area (TPSA) is 9.23 Å². The normalized spacial score (nSPS) is 14.0. The second-order valence-corrected chi connectivity index (χ2v) is 6.65. The lowest BCUT2D eigenvalue weighted by Crippen LogP contribution is -2.22. The first-order valence-corrected chi connectivity index (χ1v) is 7.24. The minimum Gasteiger partial charge on any atom is -0.378 e. The average molecular weight is 276 g/mol. The van der Waals surface area contributed by atoms with E-state index in [9.17, 15) is 8.78 Å². The van der Waals surface area contributed by atoms with E-state index in [-0.39, 0.29) is 11.5 Å². The molecule has 19 heavy (non-hydrogen) atoms. The molecule has 0 spiro atoms. The van der Waals surface area contributed by atoms with Gasteiger partial charge in [-0.25, -0.2) is 8.78 Å². The van der Waals surface area contributed by atoms with E-state index in [1.807, 2.05) is 13.8 Å². The van der Waals surface area contributed by atoms with E-state index in [4.69, 9.17) is 4.74 Å². The average Bonchev–Trinajstić information content (AvgIpc) is 2.25. The van der Waals surface area contributed by atoms with Gasteiger partial charge >= 0.3 is 0 Å². The Morgan fingerprint density at radius 3 is 2.16 bits per heavy atom. The van der Waals surface area contributed by atoms with Crippen LogP contribution in [-0.2, 0) is 4.74 Å². The second kappa shape index (κ2) is 7.98. The number of hydrogen-bond acceptors (Lipinski definition) is 1. The van der Waals surface area contributed by atoms with Crippen molar-refractivity contribution >= 4 is 0 Å². The fourth-order valence-corrected chi connectivity index (χ4v) is 1.60. The molecule has 3 heteroatoms. The maximum Gasteiger partial charge on any atom is 0.268 e. The van der Waals surface area contributed by atoms with Gasteiger partial charge in [0.15, 0.2) is 0 Å². The summed E-state index contributed by atoms with van der Waals surface area (Å²) in [6, 6.07) is 0. The summed E-state index contributed by atoms with van der Waals surface area (Å²) in [7, 11) is 0. The van der Waals surface area contributed by atoms with E-state index >= 15 is 0 Å². The smallest absolute Gasteiger partial charge is 0.268 e. The van der Waals surface area contributed by atoms with Gasteiger partial charge in [0.2, 0.25) is 0 Å². The molecule has 0 bridgehead atoms. The molecule has 0 rings (SSSR count). The maximum absolute atomic E-state index is 13.3. The van der Waals surface area contributed by atoms with Crippen LogP contribution in [0.5, 0.6) is 0 Å². The van der Waals surface area contributed by atoms with Crippen molar-refractivity contribution in [1.29, 1.82) is 0 Å². The first kappa shape index (κ1) is 18.6. The molecule has 0 aromatic rings. The number of hydrogen-bond donors (Lipinski definition) is 0. The van der Waals surface area contributed by atoms with Crippen LogP contribution in [0.2, 0.25) is 0 Å². The van der Waals surface area contributed by atoms with Crippen molar-refractivity contribution in [1.82, 2.24) is 0 Å². The number of allylic oxidation sites excluding steroid dienone is 2. The molecular weight excluding hydrogens is 246 g/mol. The van der Waals surface area contributed by atoms with E-state index in [0.29, 0.717) is 6.42 Å². The summed E-state index contributed by atoms with van der Waals surface area (Å²) in [4.78, 5) is 0. The molecule has 0 aliphatic rings. The predicted octanol–water partition coefficient (Wildman–Crippen LogP) is 5.46. The molecule has 0 saturated heterocycles. The largest absolute Gasteiger partial charge is 0.378 e. The highest BCUT2D eigenvalue weighted by Crippen LogP contribution is 2.27. The summed E-state index contributed by atoms with van der Waals surface area (Å²) < 4.78 is 32.2. The van der Waals surface area contributed by atoms with Crippen LogP contribution in [0.25, 0.3) is 0 Å². The highest BCUT2D eigenvalue weighted by atomic mass is 19.3.